The van der Waals surface area contributed by atoms with Gasteiger partial charge in [0.05, 0.1) is 12.8 Å². The lowest BCUT2D eigenvalue weighted by Crippen LogP contribution is -2.30. The third kappa shape index (κ3) is 14.5. The van der Waals surface area contributed by atoms with E-state index in [0.29, 0.717) is 0 Å². The van der Waals surface area contributed by atoms with Gasteiger partial charge in [0.1, 0.15) is 12.2 Å². The summed E-state index contributed by atoms with van der Waals surface area (Å²) in [6.07, 6.45) is 14.5. The van der Waals surface area contributed by atoms with Gasteiger partial charge in [-0.05, 0) is 74.3 Å². The van der Waals surface area contributed by atoms with Crippen molar-refractivity contribution in [1.29, 1.82) is 0 Å². The summed E-state index contributed by atoms with van der Waals surface area (Å²) < 4.78 is 12.2. The van der Waals surface area contributed by atoms with Crippen molar-refractivity contribution in [3.8, 4) is 0 Å². The Labute approximate surface area is 257 Å². The van der Waals surface area contributed by atoms with Crippen LogP contribution in [0.15, 0.2) is 60.7 Å². The van der Waals surface area contributed by atoms with Crippen molar-refractivity contribution in [1.82, 2.24) is 0 Å². The summed E-state index contributed by atoms with van der Waals surface area (Å²) >= 11 is 0. The Morgan fingerprint density at radius 2 is 0.929 bits per heavy atom. The van der Waals surface area contributed by atoms with E-state index in [1.807, 2.05) is 12.1 Å². The zero-order chi connectivity index (χ0) is 30.4. The molecule has 0 aliphatic carbocycles. The fourth-order valence-electron chi connectivity index (χ4n) is 5.90. The van der Waals surface area contributed by atoms with Gasteiger partial charge in [-0.1, -0.05) is 127 Å². The van der Waals surface area contributed by atoms with Crippen molar-refractivity contribution in [2.75, 3.05) is 0 Å². The Kier molecular flexibility index (Phi) is 18.6. The van der Waals surface area contributed by atoms with Gasteiger partial charge in [-0.25, -0.2) is 0 Å². The Hall–Kier alpha value is -2.62. The molecule has 234 valence electrons. The Morgan fingerprint density at radius 3 is 1.26 bits per heavy atom. The van der Waals surface area contributed by atoms with E-state index in [-0.39, 0.29) is 48.8 Å². The Bertz CT molecular complexity index is 878. The van der Waals surface area contributed by atoms with E-state index in [2.05, 4.69) is 76.2 Å². The summed E-state index contributed by atoms with van der Waals surface area (Å²) in [5.41, 5.74) is 2.54. The van der Waals surface area contributed by atoms with Gasteiger partial charge in [0, 0.05) is 0 Å². The molecule has 2 aromatic rings. The molecule has 0 aromatic heterocycles. The van der Waals surface area contributed by atoms with E-state index < -0.39 is 0 Å². The van der Waals surface area contributed by atoms with Crippen LogP contribution in [0.5, 0.6) is 0 Å². The molecule has 4 heteroatoms. The predicted molar refractivity (Wildman–Crippen MR) is 174 cm³/mol. The van der Waals surface area contributed by atoms with Crippen LogP contribution in [0.25, 0.3) is 0 Å². The first-order chi connectivity index (χ1) is 20.5. The van der Waals surface area contributed by atoms with Crippen LogP contribution >= 0.6 is 0 Å². The molecule has 0 aliphatic heterocycles. The molecule has 4 unspecified atom stereocenters. The maximum atomic E-state index is 13.1. The van der Waals surface area contributed by atoms with Crippen LogP contribution < -0.4 is 0 Å². The van der Waals surface area contributed by atoms with Crippen molar-refractivity contribution in [2.45, 2.75) is 143 Å². The number of ether oxygens (including phenoxy) is 2. The number of hydrogen-bond acceptors (Lipinski definition) is 4. The Morgan fingerprint density at radius 1 is 0.548 bits per heavy atom. The molecule has 0 amide bonds. The van der Waals surface area contributed by atoms with E-state index in [9.17, 15) is 9.59 Å². The minimum atomic E-state index is -0.283. The molecule has 4 nitrogen and oxygen atoms in total. The minimum absolute atomic E-state index is 0.0735. The molecule has 0 saturated carbocycles. The number of benzene rings is 2. The zero-order valence-electron chi connectivity index (χ0n) is 27.0. The molecule has 42 heavy (non-hydrogen) atoms. The lowest BCUT2D eigenvalue weighted by molar-refractivity contribution is -0.159. The van der Waals surface area contributed by atoms with E-state index in [1.54, 1.807) is 0 Å². The highest BCUT2D eigenvalue weighted by molar-refractivity contribution is 5.77. The van der Waals surface area contributed by atoms with Gasteiger partial charge < -0.3 is 9.47 Å². The number of carbonyl (C=O) groups excluding carboxylic acids is 2. The van der Waals surface area contributed by atoms with Crippen LogP contribution in [0.2, 0.25) is 0 Å². The SMILES string of the molecule is CCCCCCC(OC(=O)CCC(=O)OC(CCCCCC)C(CC)Cc1ccccc1)C(CC)Cc1ccccc1. The molecule has 0 spiro atoms. The molecule has 0 aliphatic rings. The third-order valence-electron chi connectivity index (χ3n) is 8.57. The van der Waals surface area contributed by atoms with Gasteiger partial charge in [0.25, 0.3) is 0 Å². The topological polar surface area (TPSA) is 52.6 Å². The largest absolute Gasteiger partial charge is 0.462 e. The van der Waals surface area contributed by atoms with Crippen LogP contribution in [0.3, 0.4) is 0 Å². The average molecular weight is 579 g/mol. The highest BCUT2D eigenvalue weighted by Crippen LogP contribution is 2.26. The lowest BCUT2D eigenvalue weighted by atomic mass is 9.88. The second-order valence-corrected chi connectivity index (χ2v) is 12.0. The molecule has 0 heterocycles. The van der Waals surface area contributed by atoms with E-state index in [0.717, 1.165) is 64.2 Å². The normalized spacial score (nSPS) is 14.1. The molecule has 0 saturated heterocycles. The minimum Gasteiger partial charge on any atom is -0.462 e. The molecular weight excluding hydrogens is 520 g/mol. The van der Waals surface area contributed by atoms with Gasteiger partial charge in [-0.3, -0.25) is 9.59 Å². The summed E-state index contributed by atoms with van der Waals surface area (Å²) in [6, 6.07) is 20.9. The predicted octanol–water partition coefficient (Wildman–Crippen LogP) is 10.1. The van der Waals surface area contributed by atoms with Gasteiger partial charge in [0.2, 0.25) is 0 Å². The molecule has 0 N–H and O–H groups in total. The molecule has 4 atom stereocenters. The molecule has 2 rings (SSSR count). The van der Waals surface area contributed by atoms with Crippen LogP contribution in [-0.4, -0.2) is 24.1 Å². The Balaban J connectivity index is 1.98. The number of unbranched alkanes of at least 4 members (excludes halogenated alkanes) is 6. The van der Waals surface area contributed by atoms with Crippen molar-refractivity contribution < 1.29 is 19.1 Å². The maximum Gasteiger partial charge on any atom is 0.306 e. The number of esters is 2. The van der Waals surface area contributed by atoms with Gasteiger partial charge in [-0.2, -0.15) is 0 Å². The summed E-state index contributed by atoms with van der Waals surface area (Å²) in [7, 11) is 0. The second-order valence-electron chi connectivity index (χ2n) is 12.0. The van der Waals surface area contributed by atoms with E-state index in [4.69, 9.17) is 9.47 Å². The van der Waals surface area contributed by atoms with Gasteiger partial charge in [-0.15, -0.1) is 0 Å². The fourth-order valence-corrected chi connectivity index (χ4v) is 5.90. The highest BCUT2D eigenvalue weighted by Gasteiger charge is 2.27. The molecule has 0 fully saturated rings. The first-order valence-corrected chi connectivity index (χ1v) is 17.0. The summed E-state index contributed by atoms with van der Waals surface area (Å²) in [5.74, 6) is -0.0361. The molecule has 2 aromatic carbocycles. The van der Waals surface area contributed by atoms with Gasteiger partial charge in [0.15, 0.2) is 0 Å². The summed E-state index contributed by atoms with van der Waals surface area (Å²) in [6.45, 7) is 8.78. The first-order valence-electron chi connectivity index (χ1n) is 17.0. The van der Waals surface area contributed by atoms with Crippen molar-refractivity contribution in [2.24, 2.45) is 11.8 Å². The van der Waals surface area contributed by atoms with E-state index >= 15 is 0 Å². The standard InChI is InChI=1S/C38H58O4/c1-5-9-11-19-25-35(33(7-3)29-31-21-15-13-16-22-31)41-37(39)27-28-38(40)42-36(26-20-12-10-6-2)34(8-4)30-32-23-17-14-18-24-32/h13-18,21-24,33-36H,5-12,19-20,25-30H2,1-4H3. The van der Waals surface area contributed by atoms with Crippen molar-refractivity contribution >= 4 is 11.9 Å². The monoisotopic (exact) mass is 578 g/mol. The van der Waals surface area contributed by atoms with Crippen molar-refractivity contribution in [3.05, 3.63) is 71.8 Å². The van der Waals surface area contributed by atoms with Crippen LogP contribution in [0.4, 0.5) is 0 Å². The van der Waals surface area contributed by atoms with E-state index in [1.165, 1.54) is 36.8 Å². The number of carbonyl (C=O) groups is 2. The summed E-state index contributed by atoms with van der Waals surface area (Å²) in [4.78, 5) is 26.1. The quantitative estimate of drug-likeness (QED) is 0.0972. The van der Waals surface area contributed by atoms with Crippen LogP contribution in [0.1, 0.15) is 129 Å². The lowest BCUT2D eigenvalue weighted by Gasteiger charge is -2.27. The first kappa shape index (κ1) is 35.6. The average Bonchev–Trinajstić information content (AvgIpc) is 3.01. The summed E-state index contributed by atoms with van der Waals surface area (Å²) in [5, 5.41) is 0. The van der Waals surface area contributed by atoms with Crippen LogP contribution in [0, 0.1) is 11.8 Å². The van der Waals surface area contributed by atoms with Crippen molar-refractivity contribution in [3.63, 3.8) is 0 Å². The highest BCUT2D eigenvalue weighted by atomic mass is 16.6. The molecular formula is C38H58O4. The smallest absolute Gasteiger partial charge is 0.306 e. The number of rotatable bonds is 23. The second kappa shape index (κ2) is 22.0. The maximum absolute atomic E-state index is 13.1. The van der Waals surface area contributed by atoms with Gasteiger partial charge >= 0.3 is 11.9 Å². The zero-order valence-corrected chi connectivity index (χ0v) is 27.0. The molecule has 0 radical (unpaired) electrons. The number of hydrogen-bond donors (Lipinski definition) is 0. The van der Waals surface area contributed by atoms with Crippen LogP contribution in [-0.2, 0) is 31.9 Å². The fraction of sp³-hybridized carbons (Fsp3) is 0.632. The third-order valence-corrected chi connectivity index (χ3v) is 8.57. The molecule has 0 bridgehead atoms.